The molecule has 1 aliphatic rings. The highest BCUT2D eigenvalue weighted by Crippen LogP contribution is 2.31. The molecule has 1 aromatic carbocycles. The molecule has 1 aliphatic heterocycles. The fraction of sp³-hybridized carbons (Fsp3) is 0.182. The van der Waals surface area contributed by atoms with Crippen molar-refractivity contribution < 1.29 is 9.84 Å². The molecule has 0 unspecified atom stereocenters. The van der Waals surface area contributed by atoms with Gasteiger partial charge in [0.05, 0.1) is 18.9 Å². The fourth-order valence-electron chi connectivity index (χ4n) is 1.78. The van der Waals surface area contributed by atoms with Crippen LogP contribution >= 0.6 is 15.9 Å². The molecule has 82 valence electrons. The third kappa shape index (κ3) is 1.36. The Labute approximate surface area is 101 Å². The van der Waals surface area contributed by atoms with Gasteiger partial charge in [-0.1, -0.05) is 12.1 Å². The van der Waals surface area contributed by atoms with Crippen molar-refractivity contribution in [1.29, 1.82) is 0 Å². The molecule has 0 radical (unpaired) electrons. The lowest BCUT2D eigenvalue weighted by Gasteiger charge is -2.06. The summed E-state index contributed by atoms with van der Waals surface area (Å²) in [6, 6.07) is 7.12. The molecule has 2 aromatic rings. The minimum Gasteiger partial charge on any atom is -0.506 e. The number of benzene rings is 1. The van der Waals surface area contributed by atoms with E-state index in [-0.39, 0.29) is 5.75 Å². The first-order chi connectivity index (χ1) is 7.77. The van der Waals surface area contributed by atoms with Gasteiger partial charge in [-0.25, -0.2) is 4.68 Å². The molecule has 1 N–H and O–H groups in total. The zero-order valence-electron chi connectivity index (χ0n) is 8.35. The molecule has 5 heteroatoms. The van der Waals surface area contributed by atoms with Gasteiger partial charge < -0.3 is 9.84 Å². The molecular weight excluding hydrogens is 272 g/mol. The van der Waals surface area contributed by atoms with E-state index in [0.29, 0.717) is 18.9 Å². The molecule has 0 amide bonds. The summed E-state index contributed by atoms with van der Waals surface area (Å²) in [6.45, 7) is 1.11. The first-order valence-corrected chi connectivity index (χ1v) is 5.69. The van der Waals surface area contributed by atoms with Gasteiger partial charge in [0.2, 0.25) is 0 Å². The third-order valence-electron chi connectivity index (χ3n) is 2.60. The maximum absolute atomic E-state index is 9.77. The van der Waals surface area contributed by atoms with Crippen LogP contribution in [0.25, 0.3) is 5.69 Å². The van der Waals surface area contributed by atoms with Crippen LogP contribution in [0, 0.1) is 0 Å². The number of hydrogen-bond donors (Lipinski definition) is 1. The van der Waals surface area contributed by atoms with Crippen molar-refractivity contribution in [3.05, 3.63) is 40.1 Å². The van der Waals surface area contributed by atoms with Crippen LogP contribution in [0.2, 0.25) is 0 Å². The number of phenolic OH excluding ortho intramolecular Hbond substituents is 1. The second-order valence-electron chi connectivity index (χ2n) is 3.61. The van der Waals surface area contributed by atoms with Gasteiger partial charge in [-0.3, -0.25) is 0 Å². The van der Waals surface area contributed by atoms with Gasteiger partial charge in [-0.15, -0.1) is 0 Å². The Kier molecular flexibility index (Phi) is 2.22. The SMILES string of the molecule is Oc1ccccc1-n1nc2c(c1Br)COC2. The Morgan fingerprint density at radius 1 is 1.31 bits per heavy atom. The van der Waals surface area contributed by atoms with Crippen molar-refractivity contribution in [1.82, 2.24) is 9.78 Å². The van der Waals surface area contributed by atoms with Crippen LogP contribution in [0.4, 0.5) is 0 Å². The Bertz CT molecular complexity index is 551. The summed E-state index contributed by atoms with van der Waals surface area (Å²) in [5.41, 5.74) is 2.65. The van der Waals surface area contributed by atoms with E-state index in [1.54, 1.807) is 16.8 Å². The Balaban J connectivity index is 2.18. The lowest BCUT2D eigenvalue weighted by molar-refractivity contribution is 0.131. The van der Waals surface area contributed by atoms with Gasteiger partial charge in [0.25, 0.3) is 0 Å². The highest BCUT2D eigenvalue weighted by molar-refractivity contribution is 9.10. The zero-order chi connectivity index (χ0) is 11.1. The van der Waals surface area contributed by atoms with Crippen LogP contribution in [0.15, 0.2) is 28.9 Å². The van der Waals surface area contributed by atoms with Crippen LogP contribution in [-0.4, -0.2) is 14.9 Å². The number of hydrogen-bond acceptors (Lipinski definition) is 3. The number of ether oxygens (including phenoxy) is 1. The summed E-state index contributed by atoms with van der Waals surface area (Å²) >= 11 is 3.48. The number of aromatic nitrogens is 2. The molecule has 4 nitrogen and oxygen atoms in total. The van der Waals surface area contributed by atoms with Crippen LogP contribution in [-0.2, 0) is 18.0 Å². The lowest BCUT2D eigenvalue weighted by Crippen LogP contribution is -1.99. The number of aromatic hydroxyl groups is 1. The first kappa shape index (κ1) is 9.86. The van der Waals surface area contributed by atoms with Gasteiger partial charge in [0, 0.05) is 5.56 Å². The van der Waals surface area contributed by atoms with E-state index in [9.17, 15) is 5.11 Å². The number of rotatable bonds is 1. The lowest BCUT2D eigenvalue weighted by atomic mass is 10.3. The van der Waals surface area contributed by atoms with E-state index in [2.05, 4.69) is 21.0 Å². The van der Waals surface area contributed by atoms with Crippen molar-refractivity contribution >= 4 is 15.9 Å². The first-order valence-electron chi connectivity index (χ1n) is 4.90. The maximum atomic E-state index is 9.77. The topological polar surface area (TPSA) is 47.3 Å². The second-order valence-corrected chi connectivity index (χ2v) is 4.36. The van der Waals surface area contributed by atoms with E-state index < -0.39 is 0 Å². The second kappa shape index (κ2) is 3.61. The highest BCUT2D eigenvalue weighted by Gasteiger charge is 2.22. The number of nitrogens with zero attached hydrogens (tertiary/aromatic N) is 2. The minimum absolute atomic E-state index is 0.213. The molecule has 16 heavy (non-hydrogen) atoms. The molecule has 0 saturated carbocycles. The largest absolute Gasteiger partial charge is 0.506 e. The van der Waals surface area contributed by atoms with Crippen LogP contribution in [0.5, 0.6) is 5.75 Å². The molecule has 0 fully saturated rings. The van der Waals surface area contributed by atoms with Crippen molar-refractivity contribution in [3.8, 4) is 11.4 Å². The fourth-order valence-corrected chi connectivity index (χ4v) is 2.40. The maximum Gasteiger partial charge on any atom is 0.141 e. The van der Waals surface area contributed by atoms with Crippen molar-refractivity contribution in [2.75, 3.05) is 0 Å². The zero-order valence-corrected chi connectivity index (χ0v) is 9.94. The van der Waals surface area contributed by atoms with E-state index in [1.807, 2.05) is 12.1 Å². The summed E-state index contributed by atoms with van der Waals surface area (Å²) in [4.78, 5) is 0. The average molecular weight is 281 g/mol. The molecule has 0 saturated heterocycles. The Morgan fingerprint density at radius 2 is 2.12 bits per heavy atom. The molecule has 0 bridgehead atoms. The molecule has 0 atom stereocenters. The molecule has 1 aromatic heterocycles. The molecule has 0 aliphatic carbocycles. The number of para-hydroxylation sites is 2. The van der Waals surface area contributed by atoms with Gasteiger partial charge in [-0.05, 0) is 28.1 Å². The summed E-state index contributed by atoms with van der Waals surface area (Å²) in [6.07, 6.45) is 0. The van der Waals surface area contributed by atoms with Crippen molar-refractivity contribution in [3.63, 3.8) is 0 Å². The predicted octanol–water partition coefficient (Wildman–Crippen LogP) is 2.37. The van der Waals surface area contributed by atoms with Crippen LogP contribution in [0.3, 0.4) is 0 Å². The third-order valence-corrected chi connectivity index (χ3v) is 3.41. The van der Waals surface area contributed by atoms with Crippen molar-refractivity contribution in [2.45, 2.75) is 13.2 Å². The van der Waals surface area contributed by atoms with E-state index >= 15 is 0 Å². The summed E-state index contributed by atoms with van der Waals surface area (Å²) < 4.78 is 7.83. The molecule has 3 rings (SSSR count). The predicted molar refractivity (Wildman–Crippen MR) is 61.4 cm³/mol. The Hall–Kier alpha value is -1.33. The summed E-state index contributed by atoms with van der Waals surface area (Å²) in [5, 5.41) is 14.2. The van der Waals surface area contributed by atoms with E-state index in [1.165, 1.54) is 0 Å². The molecule has 0 spiro atoms. The van der Waals surface area contributed by atoms with Crippen LogP contribution in [0.1, 0.15) is 11.3 Å². The molecular formula is C11H9BrN2O2. The summed E-state index contributed by atoms with van der Waals surface area (Å²) in [5.74, 6) is 0.213. The monoisotopic (exact) mass is 280 g/mol. The average Bonchev–Trinajstić information content (AvgIpc) is 2.83. The highest BCUT2D eigenvalue weighted by atomic mass is 79.9. The smallest absolute Gasteiger partial charge is 0.141 e. The van der Waals surface area contributed by atoms with Crippen molar-refractivity contribution in [2.24, 2.45) is 0 Å². The Morgan fingerprint density at radius 3 is 2.88 bits per heavy atom. The van der Waals surface area contributed by atoms with Crippen LogP contribution < -0.4 is 0 Å². The van der Waals surface area contributed by atoms with Gasteiger partial charge in [0.1, 0.15) is 16.0 Å². The number of fused-ring (bicyclic) bond motifs is 1. The van der Waals surface area contributed by atoms with E-state index in [0.717, 1.165) is 15.9 Å². The van der Waals surface area contributed by atoms with Gasteiger partial charge in [-0.2, -0.15) is 5.10 Å². The van der Waals surface area contributed by atoms with E-state index in [4.69, 9.17) is 4.74 Å². The summed E-state index contributed by atoms with van der Waals surface area (Å²) in [7, 11) is 0. The normalized spacial score (nSPS) is 14.1. The number of phenols is 1. The van der Waals surface area contributed by atoms with Gasteiger partial charge in [0.15, 0.2) is 0 Å². The number of halogens is 1. The standard InChI is InChI=1S/C11H9BrN2O2/c12-11-7-5-16-6-8(7)13-14(11)9-3-1-2-4-10(9)15/h1-4,15H,5-6H2. The quantitative estimate of drug-likeness (QED) is 0.873. The van der Waals surface area contributed by atoms with Gasteiger partial charge >= 0.3 is 0 Å². The molecule has 2 heterocycles. The minimum atomic E-state index is 0.213.